The Labute approximate surface area is 107 Å². The van der Waals surface area contributed by atoms with Crippen molar-refractivity contribution < 1.29 is 5.11 Å². The summed E-state index contributed by atoms with van der Waals surface area (Å²) >= 11 is 0. The molecule has 2 aromatic heterocycles. The number of aliphatic hydroxyl groups excluding tert-OH is 1. The summed E-state index contributed by atoms with van der Waals surface area (Å²) in [5, 5.41) is 16.9. The van der Waals surface area contributed by atoms with Crippen LogP contribution < -0.4 is 5.32 Å². The highest BCUT2D eigenvalue weighted by molar-refractivity contribution is 5.45. The van der Waals surface area contributed by atoms with E-state index in [4.69, 9.17) is 5.11 Å². The third kappa shape index (κ3) is 2.46. The highest BCUT2D eigenvalue weighted by Crippen LogP contribution is 2.20. The van der Waals surface area contributed by atoms with Crippen LogP contribution >= 0.6 is 0 Å². The molecule has 2 heterocycles. The maximum atomic E-state index is 9.11. The molecule has 0 fully saturated rings. The number of nitrogens with one attached hydrogen (secondary N) is 1. The summed E-state index contributed by atoms with van der Waals surface area (Å²) in [6.45, 7) is 6.31. The summed E-state index contributed by atoms with van der Waals surface area (Å²) in [7, 11) is 0. The van der Waals surface area contributed by atoms with E-state index >= 15 is 0 Å². The summed E-state index contributed by atoms with van der Waals surface area (Å²) < 4.78 is 1.82. The lowest BCUT2D eigenvalue weighted by Crippen LogP contribution is -2.35. The van der Waals surface area contributed by atoms with E-state index in [9.17, 15) is 0 Å². The van der Waals surface area contributed by atoms with Crippen LogP contribution in [0.15, 0.2) is 18.2 Å². The van der Waals surface area contributed by atoms with Crippen LogP contribution in [0, 0.1) is 6.92 Å². The summed E-state index contributed by atoms with van der Waals surface area (Å²) in [5.74, 6) is 0.613. The van der Waals surface area contributed by atoms with Gasteiger partial charge in [0.2, 0.25) is 5.95 Å². The molecule has 0 amide bonds. The van der Waals surface area contributed by atoms with Crippen LogP contribution in [-0.4, -0.2) is 31.9 Å². The Morgan fingerprint density at radius 3 is 2.83 bits per heavy atom. The van der Waals surface area contributed by atoms with Crippen molar-refractivity contribution in [3.63, 3.8) is 0 Å². The van der Waals surface area contributed by atoms with Crippen molar-refractivity contribution in [2.45, 2.75) is 39.2 Å². The van der Waals surface area contributed by atoms with Gasteiger partial charge in [0.15, 0.2) is 5.65 Å². The molecule has 2 aromatic rings. The van der Waals surface area contributed by atoms with E-state index in [1.165, 1.54) is 0 Å². The summed E-state index contributed by atoms with van der Waals surface area (Å²) in [6.07, 6.45) is 1.58. The first-order chi connectivity index (χ1) is 8.58. The average molecular weight is 248 g/mol. The molecule has 0 aliphatic carbocycles. The fourth-order valence-electron chi connectivity index (χ4n) is 1.93. The number of nitrogens with zero attached hydrogens (tertiary/aromatic N) is 3. The predicted molar refractivity (Wildman–Crippen MR) is 71.7 cm³/mol. The highest BCUT2D eigenvalue weighted by atomic mass is 16.3. The molecule has 0 saturated heterocycles. The Balaban J connectivity index is 2.29. The number of aromatic nitrogens is 3. The molecule has 98 valence electrons. The first-order valence-electron chi connectivity index (χ1n) is 6.29. The van der Waals surface area contributed by atoms with Crippen molar-refractivity contribution in [2.24, 2.45) is 0 Å². The molecular formula is C13H20N4O. The highest BCUT2D eigenvalue weighted by Gasteiger charge is 2.22. The second kappa shape index (κ2) is 4.94. The first kappa shape index (κ1) is 12.8. The van der Waals surface area contributed by atoms with Crippen LogP contribution in [-0.2, 0) is 0 Å². The molecule has 0 aliphatic heterocycles. The van der Waals surface area contributed by atoms with Gasteiger partial charge in [-0.05, 0) is 38.8 Å². The fourth-order valence-corrected chi connectivity index (χ4v) is 1.93. The SMILES string of the molecule is CCC(C)(CCO)Nc1nc2cccc(C)n2n1. The van der Waals surface area contributed by atoms with Crippen molar-refractivity contribution in [3.05, 3.63) is 23.9 Å². The number of aliphatic hydroxyl groups is 1. The maximum absolute atomic E-state index is 9.11. The van der Waals surface area contributed by atoms with Gasteiger partial charge in [0.1, 0.15) is 0 Å². The van der Waals surface area contributed by atoms with Crippen molar-refractivity contribution in [1.29, 1.82) is 0 Å². The van der Waals surface area contributed by atoms with Crippen molar-refractivity contribution in [1.82, 2.24) is 14.6 Å². The number of anilines is 1. The van der Waals surface area contributed by atoms with E-state index in [2.05, 4.69) is 29.2 Å². The van der Waals surface area contributed by atoms with Crippen LogP contribution in [0.5, 0.6) is 0 Å². The molecular weight excluding hydrogens is 228 g/mol. The van der Waals surface area contributed by atoms with Crippen LogP contribution in [0.2, 0.25) is 0 Å². The van der Waals surface area contributed by atoms with Gasteiger partial charge in [0, 0.05) is 17.8 Å². The van der Waals surface area contributed by atoms with E-state index in [0.717, 1.165) is 17.8 Å². The Kier molecular flexibility index (Phi) is 3.52. The lowest BCUT2D eigenvalue weighted by molar-refractivity contribution is 0.251. The summed E-state index contributed by atoms with van der Waals surface area (Å²) in [4.78, 5) is 4.45. The van der Waals surface area contributed by atoms with Gasteiger partial charge in [-0.25, -0.2) is 4.52 Å². The van der Waals surface area contributed by atoms with Gasteiger partial charge in [-0.1, -0.05) is 13.0 Å². The third-order valence-corrected chi connectivity index (χ3v) is 3.41. The topological polar surface area (TPSA) is 62.5 Å². The minimum atomic E-state index is -0.173. The van der Waals surface area contributed by atoms with Crippen LogP contribution in [0.25, 0.3) is 5.65 Å². The normalized spacial score (nSPS) is 14.7. The second-order valence-corrected chi connectivity index (χ2v) is 4.89. The molecule has 0 saturated carbocycles. The zero-order chi connectivity index (χ0) is 13.2. The standard InChI is InChI=1S/C13H20N4O/c1-4-13(3,8-9-18)15-12-14-11-7-5-6-10(2)17(11)16-12/h5-7,18H,4,8-9H2,1-3H3,(H,15,16). The number of hydrogen-bond donors (Lipinski definition) is 2. The summed E-state index contributed by atoms with van der Waals surface area (Å²) in [5.41, 5.74) is 1.71. The number of hydrogen-bond acceptors (Lipinski definition) is 4. The van der Waals surface area contributed by atoms with Crippen LogP contribution in [0.3, 0.4) is 0 Å². The molecule has 18 heavy (non-hydrogen) atoms. The predicted octanol–water partition coefficient (Wildman–Crippen LogP) is 2.00. The Bertz CT molecular complexity index is 537. The molecule has 0 aromatic carbocycles. The molecule has 1 atom stereocenters. The smallest absolute Gasteiger partial charge is 0.243 e. The first-order valence-corrected chi connectivity index (χ1v) is 6.29. The molecule has 0 spiro atoms. The van der Waals surface area contributed by atoms with Gasteiger partial charge in [0.05, 0.1) is 0 Å². The van der Waals surface area contributed by atoms with Gasteiger partial charge in [0.25, 0.3) is 0 Å². The second-order valence-electron chi connectivity index (χ2n) is 4.89. The monoisotopic (exact) mass is 248 g/mol. The minimum Gasteiger partial charge on any atom is -0.396 e. The average Bonchev–Trinajstić information content (AvgIpc) is 2.73. The Morgan fingerprint density at radius 2 is 2.22 bits per heavy atom. The Morgan fingerprint density at radius 1 is 1.44 bits per heavy atom. The number of rotatable bonds is 5. The lowest BCUT2D eigenvalue weighted by atomic mass is 9.95. The van der Waals surface area contributed by atoms with Gasteiger partial charge < -0.3 is 10.4 Å². The Hall–Kier alpha value is -1.62. The molecule has 0 aliphatic rings. The molecule has 1 unspecified atom stereocenters. The van der Waals surface area contributed by atoms with Gasteiger partial charge in [-0.15, -0.1) is 5.10 Å². The van der Waals surface area contributed by atoms with E-state index < -0.39 is 0 Å². The number of fused-ring (bicyclic) bond motifs is 1. The molecule has 2 N–H and O–H groups in total. The quantitative estimate of drug-likeness (QED) is 0.849. The molecule has 0 bridgehead atoms. The zero-order valence-electron chi connectivity index (χ0n) is 11.1. The minimum absolute atomic E-state index is 0.156. The molecule has 0 radical (unpaired) electrons. The number of pyridine rings is 1. The van der Waals surface area contributed by atoms with Crippen molar-refractivity contribution in [2.75, 3.05) is 11.9 Å². The van der Waals surface area contributed by atoms with Crippen molar-refractivity contribution >= 4 is 11.6 Å². The molecule has 5 nitrogen and oxygen atoms in total. The lowest BCUT2D eigenvalue weighted by Gasteiger charge is -2.28. The van der Waals surface area contributed by atoms with E-state index in [1.54, 1.807) is 0 Å². The maximum Gasteiger partial charge on any atom is 0.243 e. The molecule has 2 rings (SSSR count). The van der Waals surface area contributed by atoms with Gasteiger partial charge in [-0.2, -0.15) is 4.98 Å². The van der Waals surface area contributed by atoms with E-state index in [0.29, 0.717) is 12.4 Å². The van der Waals surface area contributed by atoms with E-state index in [-0.39, 0.29) is 12.1 Å². The molecule has 5 heteroatoms. The fraction of sp³-hybridized carbons (Fsp3) is 0.538. The van der Waals surface area contributed by atoms with Gasteiger partial charge >= 0.3 is 0 Å². The zero-order valence-corrected chi connectivity index (χ0v) is 11.1. The summed E-state index contributed by atoms with van der Waals surface area (Å²) in [6, 6.07) is 5.90. The van der Waals surface area contributed by atoms with Crippen molar-refractivity contribution in [3.8, 4) is 0 Å². The van der Waals surface area contributed by atoms with Crippen LogP contribution in [0.4, 0.5) is 5.95 Å². The van der Waals surface area contributed by atoms with Gasteiger partial charge in [-0.3, -0.25) is 0 Å². The third-order valence-electron chi connectivity index (χ3n) is 3.41. The van der Waals surface area contributed by atoms with E-state index in [1.807, 2.05) is 29.6 Å². The number of aryl methyl sites for hydroxylation is 1. The largest absolute Gasteiger partial charge is 0.396 e. The van der Waals surface area contributed by atoms with Crippen LogP contribution in [0.1, 0.15) is 32.4 Å².